The predicted molar refractivity (Wildman–Crippen MR) is 127 cm³/mol. The van der Waals surface area contributed by atoms with Crippen molar-refractivity contribution in [3.63, 3.8) is 0 Å². The smallest absolute Gasteiger partial charge is 0.261 e. The molecule has 0 spiro atoms. The second kappa shape index (κ2) is 8.98. The number of nitrogens with zero attached hydrogens (tertiary/aromatic N) is 5. The van der Waals surface area contributed by atoms with Crippen molar-refractivity contribution in [3.05, 3.63) is 112 Å². The molecule has 2 heterocycles. The van der Waals surface area contributed by atoms with E-state index in [-0.39, 0.29) is 12.1 Å². The molecule has 0 aliphatic heterocycles. The van der Waals surface area contributed by atoms with Gasteiger partial charge >= 0.3 is 0 Å². The van der Waals surface area contributed by atoms with Gasteiger partial charge in [0.15, 0.2) is 11.0 Å². The van der Waals surface area contributed by atoms with Gasteiger partial charge in [-0.2, -0.15) is 0 Å². The number of aromatic nitrogens is 5. The van der Waals surface area contributed by atoms with Gasteiger partial charge in [0, 0.05) is 16.5 Å². The molecule has 0 unspecified atom stereocenters. The molecule has 0 amide bonds. The van der Waals surface area contributed by atoms with Crippen molar-refractivity contribution in [2.45, 2.75) is 17.5 Å². The molecule has 5 aromatic rings. The topological polar surface area (TPSA) is 65.6 Å². The maximum atomic E-state index is 13.0. The van der Waals surface area contributed by atoms with Gasteiger partial charge in [0.05, 0.1) is 23.8 Å². The van der Waals surface area contributed by atoms with Crippen molar-refractivity contribution in [1.82, 2.24) is 24.3 Å². The van der Waals surface area contributed by atoms with E-state index < -0.39 is 0 Å². The van der Waals surface area contributed by atoms with Crippen LogP contribution in [0.15, 0.2) is 95.1 Å². The number of para-hydroxylation sites is 2. The van der Waals surface area contributed by atoms with E-state index in [1.165, 1.54) is 0 Å². The average Bonchev–Trinajstić information content (AvgIpc) is 3.23. The Labute approximate surface area is 193 Å². The lowest BCUT2D eigenvalue weighted by Crippen LogP contribution is -2.22. The molecule has 6 nitrogen and oxygen atoms in total. The fraction of sp³-hybridized carbons (Fsp3) is 0.0833. The molecule has 5 rings (SSSR count). The predicted octanol–water partition coefficient (Wildman–Crippen LogP) is 4.97. The first-order valence-corrected chi connectivity index (χ1v) is 11.4. The average molecular weight is 460 g/mol. The molecule has 0 radical (unpaired) electrons. The Hall–Kier alpha value is -3.42. The Morgan fingerprint density at radius 2 is 1.62 bits per heavy atom. The highest BCUT2D eigenvalue weighted by Crippen LogP contribution is 2.28. The van der Waals surface area contributed by atoms with Gasteiger partial charge in [-0.1, -0.05) is 71.9 Å². The number of benzene rings is 3. The Morgan fingerprint density at radius 1 is 0.875 bits per heavy atom. The SMILES string of the molecule is O=c1c2ccccc2ncn1Cc1nnc(SCc2ccccc2Cl)n1-c1ccccc1. The van der Waals surface area contributed by atoms with Crippen molar-refractivity contribution in [1.29, 1.82) is 0 Å². The normalized spacial score (nSPS) is 11.2. The van der Waals surface area contributed by atoms with Gasteiger partial charge in [0.1, 0.15) is 0 Å². The minimum atomic E-state index is -0.108. The van der Waals surface area contributed by atoms with E-state index in [1.807, 2.05) is 77.4 Å². The first kappa shape index (κ1) is 20.5. The molecule has 0 saturated carbocycles. The summed E-state index contributed by atoms with van der Waals surface area (Å²) >= 11 is 7.87. The van der Waals surface area contributed by atoms with Crippen molar-refractivity contribution in [3.8, 4) is 5.69 Å². The summed E-state index contributed by atoms with van der Waals surface area (Å²) in [5.74, 6) is 1.30. The van der Waals surface area contributed by atoms with Gasteiger partial charge in [-0.3, -0.25) is 13.9 Å². The number of fused-ring (bicyclic) bond motifs is 1. The summed E-state index contributed by atoms with van der Waals surface area (Å²) in [5.41, 5.74) is 2.52. The molecule has 0 atom stereocenters. The van der Waals surface area contributed by atoms with Gasteiger partial charge in [-0.25, -0.2) is 4.98 Å². The Kier molecular flexibility index (Phi) is 5.75. The third-order valence-corrected chi connectivity index (χ3v) is 6.42. The van der Waals surface area contributed by atoms with E-state index in [1.54, 1.807) is 28.7 Å². The van der Waals surface area contributed by atoms with Crippen LogP contribution in [0.4, 0.5) is 0 Å². The number of hydrogen-bond donors (Lipinski definition) is 0. The van der Waals surface area contributed by atoms with Crippen molar-refractivity contribution in [2.75, 3.05) is 0 Å². The molecule has 0 aliphatic rings. The molecule has 8 heteroatoms. The molecule has 0 aliphatic carbocycles. The van der Waals surface area contributed by atoms with E-state index in [2.05, 4.69) is 15.2 Å². The summed E-state index contributed by atoms with van der Waals surface area (Å²) < 4.78 is 3.54. The number of thioether (sulfide) groups is 1. The van der Waals surface area contributed by atoms with Crippen molar-refractivity contribution < 1.29 is 0 Å². The summed E-state index contributed by atoms with van der Waals surface area (Å²) in [7, 11) is 0. The van der Waals surface area contributed by atoms with Crippen LogP contribution < -0.4 is 5.56 Å². The van der Waals surface area contributed by atoms with Crippen molar-refractivity contribution in [2.24, 2.45) is 0 Å². The van der Waals surface area contributed by atoms with E-state index >= 15 is 0 Å². The molecule has 158 valence electrons. The first-order chi connectivity index (χ1) is 15.7. The maximum absolute atomic E-state index is 13.0. The highest BCUT2D eigenvalue weighted by molar-refractivity contribution is 7.98. The van der Waals surface area contributed by atoms with Gasteiger partial charge in [0.25, 0.3) is 5.56 Å². The monoisotopic (exact) mass is 459 g/mol. The zero-order valence-electron chi connectivity index (χ0n) is 16.9. The molecule has 2 aromatic heterocycles. The summed E-state index contributed by atoms with van der Waals surface area (Å²) in [6.45, 7) is 0.255. The minimum Gasteiger partial charge on any atom is -0.291 e. The largest absolute Gasteiger partial charge is 0.291 e. The van der Waals surface area contributed by atoms with Crippen LogP contribution in [0.25, 0.3) is 16.6 Å². The van der Waals surface area contributed by atoms with Gasteiger partial charge in [-0.15, -0.1) is 10.2 Å². The third kappa shape index (κ3) is 4.04. The van der Waals surface area contributed by atoms with Crippen LogP contribution in [-0.4, -0.2) is 24.3 Å². The van der Waals surface area contributed by atoms with Crippen LogP contribution in [0.1, 0.15) is 11.4 Å². The summed E-state index contributed by atoms with van der Waals surface area (Å²) in [6.07, 6.45) is 1.56. The summed E-state index contributed by atoms with van der Waals surface area (Å²) in [4.78, 5) is 17.4. The van der Waals surface area contributed by atoms with E-state index in [0.29, 0.717) is 22.5 Å². The second-order valence-corrected chi connectivity index (χ2v) is 8.49. The zero-order valence-corrected chi connectivity index (χ0v) is 18.5. The second-order valence-electron chi connectivity index (χ2n) is 7.14. The summed E-state index contributed by atoms with van der Waals surface area (Å²) in [5, 5.41) is 10.9. The fourth-order valence-electron chi connectivity index (χ4n) is 3.46. The molecule has 32 heavy (non-hydrogen) atoms. The van der Waals surface area contributed by atoms with Crippen LogP contribution in [0, 0.1) is 0 Å². The lowest BCUT2D eigenvalue weighted by molar-refractivity contribution is 0.685. The van der Waals surface area contributed by atoms with E-state index in [0.717, 1.165) is 21.4 Å². The zero-order chi connectivity index (χ0) is 21.9. The third-order valence-electron chi connectivity index (χ3n) is 5.07. The Morgan fingerprint density at radius 3 is 2.47 bits per heavy atom. The molecule has 3 aromatic carbocycles. The molecule has 0 N–H and O–H groups in total. The first-order valence-electron chi connectivity index (χ1n) is 10.0. The quantitative estimate of drug-likeness (QED) is 0.335. The Bertz CT molecular complexity index is 1450. The minimum absolute atomic E-state index is 0.108. The van der Waals surface area contributed by atoms with Crippen molar-refractivity contribution >= 4 is 34.3 Å². The summed E-state index contributed by atoms with van der Waals surface area (Å²) in [6, 6.07) is 25.0. The lowest BCUT2D eigenvalue weighted by atomic mass is 10.2. The highest BCUT2D eigenvalue weighted by atomic mass is 35.5. The number of rotatable bonds is 6. The van der Waals surface area contributed by atoms with Crippen LogP contribution in [-0.2, 0) is 12.3 Å². The standard InChI is InChI=1S/C24H18ClN5OS/c25-20-12-6-4-8-17(20)15-32-24-28-27-22(30(24)18-9-2-1-3-10-18)14-29-16-26-21-13-7-5-11-19(21)23(29)31/h1-13,16H,14-15H2. The maximum Gasteiger partial charge on any atom is 0.261 e. The van der Waals surface area contributed by atoms with Gasteiger partial charge in [-0.05, 0) is 35.9 Å². The van der Waals surface area contributed by atoms with E-state index in [9.17, 15) is 4.79 Å². The molecule has 0 saturated heterocycles. The fourth-order valence-corrected chi connectivity index (χ4v) is 4.72. The lowest BCUT2D eigenvalue weighted by Gasteiger charge is -2.12. The van der Waals surface area contributed by atoms with Crippen LogP contribution in [0.5, 0.6) is 0 Å². The Balaban J connectivity index is 1.52. The molecule has 0 bridgehead atoms. The number of hydrogen-bond acceptors (Lipinski definition) is 5. The van der Waals surface area contributed by atoms with Crippen LogP contribution in [0.3, 0.4) is 0 Å². The van der Waals surface area contributed by atoms with E-state index in [4.69, 9.17) is 11.6 Å². The molecular weight excluding hydrogens is 442 g/mol. The molecule has 0 fully saturated rings. The number of halogens is 1. The van der Waals surface area contributed by atoms with Gasteiger partial charge in [0.2, 0.25) is 0 Å². The van der Waals surface area contributed by atoms with Crippen LogP contribution >= 0.6 is 23.4 Å². The highest BCUT2D eigenvalue weighted by Gasteiger charge is 2.16. The molecular formula is C24H18ClN5OS. The van der Waals surface area contributed by atoms with Gasteiger partial charge < -0.3 is 0 Å². The van der Waals surface area contributed by atoms with Crippen LogP contribution in [0.2, 0.25) is 5.02 Å².